The van der Waals surface area contributed by atoms with E-state index in [4.69, 9.17) is 0 Å². The van der Waals surface area contributed by atoms with E-state index >= 15 is 0 Å². The highest BCUT2D eigenvalue weighted by Gasteiger charge is 2.23. The van der Waals surface area contributed by atoms with Crippen molar-refractivity contribution in [3.8, 4) is 22.3 Å². The number of fused-ring (bicyclic) bond motifs is 2. The van der Waals surface area contributed by atoms with Crippen molar-refractivity contribution in [2.24, 2.45) is 0 Å². The third kappa shape index (κ3) is 7.65. The quantitative estimate of drug-likeness (QED) is 0.162. The summed E-state index contributed by atoms with van der Waals surface area (Å²) in [5.74, 6) is -0.523. The van der Waals surface area contributed by atoms with Gasteiger partial charge in [0.25, 0.3) is 11.1 Å². The van der Waals surface area contributed by atoms with Crippen LogP contribution in [0.25, 0.3) is 44.1 Å². The van der Waals surface area contributed by atoms with Crippen molar-refractivity contribution in [1.29, 1.82) is 0 Å². The van der Waals surface area contributed by atoms with E-state index in [0.717, 1.165) is 51.9 Å². The van der Waals surface area contributed by atoms with E-state index in [-0.39, 0.29) is 56.4 Å². The Morgan fingerprint density at radius 1 is 0.585 bits per heavy atom. The van der Waals surface area contributed by atoms with Crippen molar-refractivity contribution >= 4 is 21.8 Å². The number of nitrogens with one attached hydrogen (secondary N) is 3. The molecular weight excluding hydrogens is 684 g/mol. The fraction of sp³-hybridized carbons (Fsp3) is 0.317. The minimum atomic E-state index is -0.570. The minimum Gasteiger partial charge on any atom is -0.317 e. The molecule has 0 unspecified atom stereocenters. The SMILES string of the molecule is Cc1ccc(-c2cc(F)c3nc(C4CCN(C)CC4)[nH]c(=O)c3c2)cc1F.Cc1ccc(-c2cc(F)c3nc(C4CCNCC4)[nH]c(=O)c3c2)cc1F. The molecule has 6 aromatic rings. The first kappa shape index (κ1) is 36.2. The van der Waals surface area contributed by atoms with Crippen LogP contribution in [0, 0.1) is 37.1 Å². The summed E-state index contributed by atoms with van der Waals surface area (Å²) < 4.78 is 57.2. The molecule has 0 atom stereocenters. The normalized spacial score (nSPS) is 15.8. The van der Waals surface area contributed by atoms with Crippen molar-refractivity contribution < 1.29 is 17.6 Å². The second-order valence-corrected chi connectivity index (χ2v) is 14.1. The van der Waals surface area contributed by atoms with Crippen LogP contribution >= 0.6 is 0 Å². The number of rotatable bonds is 4. The lowest BCUT2D eigenvalue weighted by atomic mass is 9.96. The van der Waals surface area contributed by atoms with Crippen molar-refractivity contribution in [3.63, 3.8) is 0 Å². The topological polar surface area (TPSA) is 107 Å². The van der Waals surface area contributed by atoms with Crippen LogP contribution in [0.15, 0.2) is 70.3 Å². The summed E-state index contributed by atoms with van der Waals surface area (Å²) in [5, 5.41) is 3.62. The summed E-state index contributed by atoms with van der Waals surface area (Å²) in [4.78, 5) is 41.9. The van der Waals surface area contributed by atoms with Gasteiger partial charge in [0.15, 0.2) is 0 Å². The molecule has 4 heterocycles. The average Bonchev–Trinajstić information content (AvgIpc) is 3.15. The van der Waals surface area contributed by atoms with Gasteiger partial charge in [0, 0.05) is 11.8 Å². The lowest BCUT2D eigenvalue weighted by Crippen LogP contribution is -2.30. The minimum absolute atomic E-state index is 0.0682. The number of hydrogen-bond acceptors (Lipinski definition) is 6. The molecule has 12 heteroatoms. The van der Waals surface area contributed by atoms with Crippen molar-refractivity contribution in [2.45, 2.75) is 51.4 Å². The van der Waals surface area contributed by atoms with Gasteiger partial charge in [0.2, 0.25) is 0 Å². The Bertz CT molecular complexity index is 2450. The number of aryl methyl sites for hydroxylation is 2. The molecule has 2 fully saturated rings. The predicted molar refractivity (Wildman–Crippen MR) is 199 cm³/mol. The number of benzene rings is 4. The fourth-order valence-corrected chi connectivity index (χ4v) is 7.08. The molecule has 53 heavy (non-hydrogen) atoms. The maximum Gasteiger partial charge on any atom is 0.258 e. The van der Waals surface area contributed by atoms with E-state index in [1.165, 1.54) is 24.3 Å². The molecule has 0 radical (unpaired) electrons. The molecule has 0 bridgehead atoms. The van der Waals surface area contributed by atoms with Crippen LogP contribution in [-0.4, -0.2) is 58.1 Å². The number of H-pyrrole nitrogens is 2. The number of nitrogens with zero attached hydrogens (tertiary/aromatic N) is 3. The number of aromatic amines is 2. The van der Waals surface area contributed by atoms with Gasteiger partial charge < -0.3 is 20.2 Å². The van der Waals surface area contributed by atoms with Gasteiger partial charge in [0.05, 0.1) is 10.8 Å². The summed E-state index contributed by atoms with van der Waals surface area (Å²) in [7, 11) is 2.06. The molecule has 274 valence electrons. The molecule has 8 rings (SSSR count). The van der Waals surface area contributed by atoms with Gasteiger partial charge in [-0.3, -0.25) is 9.59 Å². The first-order chi connectivity index (χ1) is 25.4. The highest BCUT2D eigenvalue weighted by Crippen LogP contribution is 2.30. The Labute approximate surface area is 303 Å². The van der Waals surface area contributed by atoms with Crippen molar-refractivity contribution in [3.05, 3.63) is 127 Å². The van der Waals surface area contributed by atoms with E-state index in [1.54, 1.807) is 50.2 Å². The van der Waals surface area contributed by atoms with Crippen LogP contribution in [0.1, 0.15) is 60.3 Å². The number of piperidine rings is 2. The number of aromatic nitrogens is 4. The summed E-state index contributed by atoms with van der Waals surface area (Å²) in [5.41, 5.74) is 2.41. The van der Waals surface area contributed by atoms with Gasteiger partial charge in [-0.05, 0) is 143 Å². The first-order valence-corrected chi connectivity index (χ1v) is 17.8. The Morgan fingerprint density at radius 2 is 1.00 bits per heavy atom. The lowest BCUT2D eigenvalue weighted by Gasteiger charge is -2.28. The third-order valence-electron chi connectivity index (χ3n) is 10.4. The summed E-state index contributed by atoms with van der Waals surface area (Å²) >= 11 is 0. The monoisotopic (exact) mass is 724 g/mol. The molecule has 0 saturated carbocycles. The van der Waals surface area contributed by atoms with E-state index in [2.05, 4.69) is 37.2 Å². The van der Waals surface area contributed by atoms with Gasteiger partial charge >= 0.3 is 0 Å². The second kappa shape index (κ2) is 15.0. The summed E-state index contributed by atoms with van der Waals surface area (Å²) in [6.07, 6.45) is 3.48. The van der Waals surface area contributed by atoms with Crippen LogP contribution in [0.4, 0.5) is 17.6 Å². The molecule has 0 aliphatic carbocycles. The van der Waals surface area contributed by atoms with Crippen LogP contribution in [0.5, 0.6) is 0 Å². The van der Waals surface area contributed by atoms with Crippen LogP contribution < -0.4 is 16.4 Å². The zero-order valence-corrected chi connectivity index (χ0v) is 29.8. The molecule has 3 N–H and O–H groups in total. The standard InChI is InChI=1S/C21H21F2N3O.C20H19F2N3O/c1-12-3-4-14(10-17(12)22)15-9-16-19(18(23)11-15)24-20(25-21(16)27)13-5-7-26(2)8-6-13;1-11-2-3-13(9-16(11)21)14-8-15-18(17(22)10-14)24-19(25-20(15)26)12-4-6-23-7-5-12/h3-4,9-11,13H,5-8H2,1-2H3,(H,24,25,27);2-3,8-10,12,23H,4-7H2,1H3,(H,24,25,26). The highest BCUT2D eigenvalue weighted by molar-refractivity contribution is 5.85. The summed E-state index contributed by atoms with van der Waals surface area (Å²) in [6.45, 7) is 6.88. The molecule has 2 aliphatic rings. The third-order valence-corrected chi connectivity index (χ3v) is 10.4. The molecule has 2 aromatic heterocycles. The number of likely N-dealkylation sites (tertiary alicyclic amines) is 1. The summed E-state index contributed by atoms with van der Waals surface area (Å²) in [6, 6.07) is 15.2. The number of hydrogen-bond donors (Lipinski definition) is 3. The second-order valence-electron chi connectivity index (χ2n) is 14.1. The molecule has 0 spiro atoms. The molecular formula is C41H40F4N6O2. The zero-order chi connectivity index (χ0) is 37.4. The largest absolute Gasteiger partial charge is 0.317 e. The van der Waals surface area contributed by atoms with E-state index in [1.807, 2.05) is 0 Å². The zero-order valence-electron chi connectivity index (χ0n) is 29.8. The number of halogens is 4. The molecule has 0 amide bonds. The predicted octanol–water partition coefficient (Wildman–Crippen LogP) is 7.63. The highest BCUT2D eigenvalue weighted by atomic mass is 19.1. The Balaban J connectivity index is 0.000000164. The molecule has 8 nitrogen and oxygen atoms in total. The Hall–Kier alpha value is -5.20. The Kier molecular flexibility index (Phi) is 10.3. The smallest absolute Gasteiger partial charge is 0.258 e. The van der Waals surface area contributed by atoms with Gasteiger partial charge in [-0.25, -0.2) is 27.5 Å². The van der Waals surface area contributed by atoms with Gasteiger partial charge in [0.1, 0.15) is 46.0 Å². The lowest BCUT2D eigenvalue weighted by molar-refractivity contribution is 0.251. The maximum atomic E-state index is 14.8. The maximum absolute atomic E-state index is 14.8. The van der Waals surface area contributed by atoms with Gasteiger partial charge in [-0.1, -0.05) is 24.3 Å². The fourth-order valence-electron chi connectivity index (χ4n) is 7.08. The van der Waals surface area contributed by atoms with E-state index in [9.17, 15) is 27.2 Å². The first-order valence-electron chi connectivity index (χ1n) is 17.8. The van der Waals surface area contributed by atoms with Crippen LogP contribution in [0.2, 0.25) is 0 Å². The average molecular weight is 725 g/mol. The van der Waals surface area contributed by atoms with Crippen molar-refractivity contribution in [1.82, 2.24) is 30.2 Å². The molecule has 2 saturated heterocycles. The van der Waals surface area contributed by atoms with Crippen LogP contribution in [-0.2, 0) is 0 Å². The van der Waals surface area contributed by atoms with Gasteiger partial charge in [-0.2, -0.15) is 0 Å². The molecule has 4 aromatic carbocycles. The van der Waals surface area contributed by atoms with Crippen molar-refractivity contribution in [2.75, 3.05) is 33.2 Å². The van der Waals surface area contributed by atoms with E-state index < -0.39 is 11.6 Å². The van der Waals surface area contributed by atoms with Gasteiger partial charge in [-0.15, -0.1) is 0 Å². The van der Waals surface area contributed by atoms with Crippen LogP contribution in [0.3, 0.4) is 0 Å². The molecule has 2 aliphatic heterocycles. The van der Waals surface area contributed by atoms with E-state index in [0.29, 0.717) is 45.0 Å². The Morgan fingerprint density at radius 3 is 1.43 bits per heavy atom.